The number of aromatic nitrogens is 2. The Hall–Kier alpha value is -2.63. The van der Waals surface area contributed by atoms with Crippen LogP contribution in [0.4, 0.5) is 5.82 Å². The van der Waals surface area contributed by atoms with Crippen LogP contribution in [0.25, 0.3) is 22.1 Å². The van der Waals surface area contributed by atoms with E-state index in [9.17, 15) is 9.90 Å². The van der Waals surface area contributed by atoms with Gasteiger partial charge in [0.2, 0.25) is 0 Å². The third-order valence-corrected chi connectivity index (χ3v) is 4.19. The molecule has 0 unspecified atom stereocenters. The first-order chi connectivity index (χ1) is 10.8. The lowest BCUT2D eigenvalue weighted by atomic mass is 10.0. The number of benzene rings is 1. The molecular formula is C16H14N3O3-. The van der Waals surface area contributed by atoms with Crippen LogP contribution in [0.15, 0.2) is 35.0 Å². The van der Waals surface area contributed by atoms with E-state index in [1.165, 1.54) is 6.33 Å². The van der Waals surface area contributed by atoms with Crippen LogP contribution in [0.2, 0.25) is 0 Å². The van der Waals surface area contributed by atoms with E-state index >= 15 is 0 Å². The number of hydrogen-bond donors (Lipinski definition) is 0. The normalized spacial score (nSPS) is 18.9. The molecule has 112 valence electrons. The molecule has 4 rings (SSSR count). The summed E-state index contributed by atoms with van der Waals surface area (Å²) in [5.41, 5.74) is 1.97. The molecule has 1 atom stereocenters. The van der Waals surface area contributed by atoms with Crippen molar-refractivity contribution >= 4 is 33.9 Å². The summed E-state index contributed by atoms with van der Waals surface area (Å²) >= 11 is 0. The summed E-state index contributed by atoms with van der Waals surface area (Å²) in [6, 6.07) is 6.95. The van der Waals surface area contributed by atoms with E-state index < -0.39 is 12.0 Å². The summed E-state index contributed by atoms with van der Waals surface area (Å²) in [7, 11) is 0. The van der Waals surface area contributed by atoms with Crippen LogP contribution >= 0.6 is 0 Å². The molecule has 3 heterocycles. The topological polar surface area (TPSA) is 82.3 Å². The number of carboxylic acid groups (broad SMARTS) is 1. The summed E-state index contributed by atoms with van der Waals surface area (Å²) in [5.74, 6) is -0.530. The average Bonchev–Trinajstić information content (AvgIpc) is 2.93. The summed E-state index contributed by atoms with van der Waals surface area (Å²) in [6.07, 6.45) is 3.83. The Kier molecular flexibility index (Phi) is 2.96. The van der Waals surface area contributed by atoms with E-state index in [1.54, 1.807) is 4.90 Å². The van der Waals surface area contributed by atoms with Gasteiger partial charge in [0.05, 0.1) is 12.0 Å². The molecule has 2 aromatic heterocycles. The maximum atomic E-state index is 11.4. The van der Waals surface area contributed by atoms with Gasteiger partial charge in [0.1, 0.15) is 17.4 Å². The van der Waals surface area contributed by atoms with Gasteiger partial charge in [0.15, 0.2) is 11.4 Å². The minimum absolute atomic E-state index is 0.537. The number of nitrogens with zero attached hydrogens (tertiary/aromatic N) is 3. The highest BCUT2D eigenvalue weighted by Crippen LogP contribution is 2.34. The third kappa shape index (κ3) is 1.91. The largest absolute Gasteiger partial charge is 0.548 e. The van der Waals surface area contributed by atoms with Crippen molar-refractivity contribution < 1.29 is 14.3 Å². The Morgan fingerprint density at radius 3 is 3.00 bits per heavy atom. The zero-order chi connectivity index (χ0) is 15.1. The van der Waals surface area contributed by atoms with Gasteiger partial charge in [0.25, 0.3) is 0 Å². The minimum Gasteiger partial charge on any atom is -0.548 e. The number of carboxylic acids is 1. The van der Waals surface area contributed by atoms with Crippen LogP contribution < -0.4 is 10.0 Å². The quantitative estimate of drug-likeness (QED) is 0.712. The number of aliphatic carboxylic acids is 1. The fourth-order valence-corrected chi connectivity index (χ4v) is 3.15. The summed E-state index contributed by atoms with van der Waals surface area (Å²) in [4.78, 5) is 21.8. The molecule has 0 aliphatic carbocycles. The van der Waals surface area contributed by atoms with Crippen LogP contribution in [-0.2, 0) is 4.79 Å². The van der Waals surface area contributed by atoms with Crippen LogP contribution in [-0.4, -0.2) is 28.5 Å². The molecule has 1 aliphatic heterocycles. The Morgan fingerprint density at radius 1 is 1.27 bits per heavy atom. The van der Waals surface area contributed by atoms with Gasteiger partial charge in [0, 0.05) is 11.9 Å². The maximum Gasteiger partial charge on any atom is 0.196 e. The lowest BCUT2D eigenvalue weighted by Gasteiger charge is -2.36. The zero-order valence-corrected chi connectivity index (χ0v) is 11.9. The van der Waals surface area contributed by atoms with Crippen molar-refractivity contribution in [2.24, 2.45) is 0 Å². The SMILES string of the molecule is O=C([O-])[C@@H]1CCCCN1c1ncnc2c1oc1ccccc12. The van der Waals surface area contributed by atoms with E-state index in [-0.39, 0.29) is 0 Å². The van der Waals surface area contributed by atoms with E-state index in [4.69, 9.17) is 4.42 Å². The van der Waals surface area contributed by atoms with Gasteiger partial charge in [-0.3, -0.25) is 0 Å². The first-order valence-electron chi connectivity index (χ1n) is 7.35. The Balaban J connectivity index is 1.92. The van der Waals surface area contributed by atoms with Gasteiger partial charge in [-0.15, -0.1) is 0 Å². The van der Waals surface area contributed by atoms with E-state index in [0.29, 0.717) is 29.9 Å². The van der Waals surface area contributed by atoms with Crippen molar-refractivity contribution in [2.45, 2.75) is 25.3 Å². The monoisotopic (exact) mass is 296 g/mol. The summed E-state index contributed by atoms with van der Waals surface area (Å²) in [6.45, 7) is 0.627. The van der Waals surface area contributed by atoms with Crippen LogP contribution in [0, 0.1) is 0 Å². The molecule has 0 bridgehead atoms. The molecule has 1 aromatic carbocycles. The van der Waals surface area contributed by atoms with Crippen molar-refractivity contribution in [2.75, 3.05) is 11.4 Å². The molecule has 0 N–H and O–H groups in total. The molecule has 22 heavy (non-hydrogen) atoms. The van der Waals surface area contributed by atoms with Crippen LogP contribution in [0.1, 0.15) is 19.3 Å². The maximum absolute atomic E-state index is 11.4. The number of anilines is 1. The van der Waals surface area contributed by atoms with Gasteiger partial charge >= 0.3 is 0 Å². The van der Waals surface area contributed by atoms with E-state index in [2.05, 4.69) is 9.97 Å². The Bertz CT molecular complexity index is 858. The Labute approximate surface area is 126 Å². The van der Waals surface area contributed by atoms with Crippen molar-refractivity contribution in [3.8, 4) is 0 Å². The molecule has 1 fully saturated rings. The second kappa shape index (κ2) is 4.98. The number of piperidine rings is 1. The van der Waals surface area contributed by atoms with Crippen LogP contribution in [0.3, 0.4) is 0 Å². The molecule has 3 aromatic rings. The number of carbonyl (C=O) groups is 1. The molecule has 6 nitrogen and oxygen atoms in total. The second-order valence-corrected chi connectivity index (χ2v) is 5.50. The fourth-order valence-electron chi connectivity index (χ4n) is 3.15. The number of furan rings is 1. The standard InChI is InChI=1S/C16H15N3O3/c20-16(21)11-6-3-4-8-19(11)15-14-13(17-9-18-15)10-5-1-2-7-12(10)22-14/h1-2,5,7,9,11H,3-4,6,8H2,(H,20,21)/p-1/t11-/m0/s1. The molecule has 0 saturated carbocycles. The zero-order valence-electron chi connectivity index (χ0n) is 11.9. The minimum atomic E-state index is -1.07. The fraction of sp³-hybridized carbons (Fsp3) is 0.312. The molecule has 1 saturated heterocycles. The first kappa shape index (κ1) is 13.1. The van der Waals surface area contributed by atoms with Gasteiger partial charge in [-0.25, -0.2) is 9.97 Å². The lowest BCUT2D eigenvalue weighted by Crippen LogP contribution is -2.51. The molecule has 0 spiro atoms. The van der Waals surface area contributed by atoms with Gasteiger partial charge in [-0.05, 0) is 31.4 Å². The molecule has 0 amide bonds. The molecule has 1 aliphatic rings. The van der Waals surface area contributed by atoms with Crippen molar-refractivity contribution in [1.29, 1.82) is 0 Å². The van der Waals surface area contributed by atoms with Gasteiger partial charge < -0.3 is 19.2 Å². The smallest absolute Gasteiger partial charge is 0.196 e. The van der Waals surface area contributed by atoms with Crippen molar-refractivity contribution in [3.63, 3.8) is 0 Å². The average molecular weight is 296 g/mol. The summed E-state index contributed by atoms with van der Waals surface area (Å²) < 4.78 is 5.88. The number of carbonyl (C=O) groups excluding carboxylic acids is 1. The number of rotatable bonds is 2. The van der Waals surface area contributed by atoms with Gasteiger partial charge in [-0.2, -0.15) is 0 Å². The second-order valence-electron chi connectivity index (χ2n) is 5.50. The number of fused-ring (bicyclic) bond motifs is 3. The molecular weight excluding hydrogens is 282 g/mol. The first-order valence-corrected chi connectivity index (χ1v) is 7.35. The summed E-state index contributed by atoms with van der Waals surface area (Å²) in [5, 5.41) is 12.3. The van der Waals surface area contributed by atoms with E-state index in [1.807, 2.05) is 24.3 Å². The lowest BCUT2D eigenvalue weighted by molar-refractivity contribution is -0.307. The van der Waals surface area contributed by atoms with Gasteiger partial charge in [-0.1, -0.05) is 12.1 Å². The van der Waals surface area contributed by atoms with Crippen LogP contribution in [0.5, 0.6) is 0 Å². The highest BCUT2D eigenvalue weighted by molar-refractivity contribution is 6.05. The predicted molar refractivity (Wildman–Crippen MR) is 79.3 cm³/mol. The number of hydrogen-bond acceptors (Lipinski definition) is 6. The Morgan fingerprint density at radius 2 is 2.14 bits per heavy atom. The number of para-hydroxylation sites is 1. The highest BCUT2D eigenvalue weighted by atomic mass is 16.4. The van der Waals surface area contributed by atoms with Crippen molar-refractivity contribution in [1.82, 2.24) is 9.97 Å². The third-order valence-electron chi connectivity index (χ3n) is 4.19. The van der Waals surface area contributed by atoms with Crippen molar-refractivity contribution in [3.05, 3.63) is 30.6 Å². The molecule has 6 heteroatoms. The van der Waals surface area contributed by atoms with E-state index in [0.717, 1.165) is 23.8 Å². The highest BCUT2D eigenvalue weighted by Gasteiger charge is 2.27. The predicted octanol–water partition coefficient (Wildman–Crippen LogP) is 1.48. The molecule has 0 radical (unpaired) electrons.